The minimum Gasteiger partial charge on any atom is -0.493 e. The summed E-state index contributed by atoms with van der Waals surface area (Å²) in [6.07, 6.45) is 0. The van der Waals surface area contributed by atoms with Gasteiger partial charge in [0.2, 0.25) is 5.89 Å². The van der Waals surface area contributed by atoms with Crippen molar-refractivity contribution in [2.75, 3.05) is 20.8 Å². The summed E-state index contributed by atoms with van der Waals surface area (Å²) in [7, 11) is 3.23. The van der Waals surface area contributed by atoms with Crippen LogP contribution in [0.1, 0.15) is 29.8 Å². The molecule has 0 bridgehead atoms. The van der Waals surface area contributed by atoms with Gasteiger partial charge in [0, 0.05) is 6.54 Å². The minimum absolute atomic E-state index is 0.468. The molecular formula is C18H25BrN4O3. The number of nitrogens with zero attached hydrogens (tertiary/aromatic N) is 2. The first-order valence-electron chi connectivity index (χ1n) is 8.34. The van der Waals surface area contributed by atoms with E-state index in [1.807, 2.05) is 32.9 Å². The number of rotatable bonds is 7. The van der Waals surface area contributed by atoms with E-state index in [9.17, 15) is 0 Å². The number of ether oxygens (including phenoxy) is 2. The molecule has 26 heavy (non-hydrogen) atoms. The summed E-state index contributed by atoms with van der Waals surface area (Å²) in [6, 6.07) is 3.88. The van der Waals surface area contributed by atoms with Crippen LogP contribution >= 0.6 is 15.9 Å². The van der Waals surface area contributed by atoms with Gasteiger partial charge < -0.3 is 24.5 Å². The molecule has 0 fully saturated rings. The smallest absolute Gasteiger partial charge is 0.214 e. The van der Waals surface area contributed by atoms with Crippen molar-refractivity contribution in [1.29, 1.82) is 0 Å². The number of halogens is 1. The molecule has 0 unspecified atom stereocenters. The van der Waals surface area contributed by atoms with Crippen molar-refractivity contribution in [3.8, 4) is 11.5 Å². The molecule has 0 spiro atoms. The average Bonchev–Trinajstić information content (AvgIpc) is 2.94. The second kappa shape index (κ2) is 9.47. The van der Waals surface area contributed by atoms with E-state index in [2.05, 4.69) is 36.5 Å². The molecule has 7 nitrogen and oxygen atoms in total. The number of methoxy groups -OCH3 is 2. The molecule has 2 N–H and O–H groups in total. The third kappa shape index (κ3) is 5.14. The Bertz CT molecular complexity index is 755. The Morgan fingerprint density at radius 3 is 2.58 bits per heavy atom. The van der Waals surface area contributed by atoms with E-state index in [4.69, 9.17) is 13.9 Å². The Balaban J connectivity index is 2.09. The molecule has 0 saturated carbocycles. The van der Waals surface area contributed by atoms with Crippen molar-refractivity contribution >= 4 is 21.9 Å². The quantitative estimate of drug-likeness (QED) is 0.523. The third-order valence-electron chi connectivity index (χ3n) is 3.74. The number of oxazole rings is 1. The first-order valence-corrected chi connectivity index (χ1v) is 9.13. The van der Waals surface area contributed by atoms with E-state index in [1.54, 1.807) is 14.2 Å². The number of aliphatic imine (C=N–C) groups is 1. The standard InChI is InChI=1S/C18H25BrN4O3/c1-6-20-18(22-10-16-23-11(2)12(3)26-16)21-9-13-7-14(19)17(25-5)15(8-13)24-4/h7-8H,6,9-10H2,1-5H3,(H2,20,21,22). The van der Waals surface area contributed by atoms with Crippen LogP contribution < -0.4 is 20.1 Å². The zero-order chi connectivity index (χ0) is 19.1. The molecule has 0 aliphatic heterocycles. The van der Waals surface area contributed by atoms with Crippen molar-refractivity contribution in [2.45, 2.75) is 33.9 Å². The van der Waals surface area contributed by atoms with Gasteiger partial charge in [-0.15, -0.1) is 0 Å². The molecule has 2 rings (SSSR count). The van der Waals surface area contributed by atoms with Crippen LogP contribution in [0.2, 0.25) is 0 Å². The highest BCUT2D eigenvalue weighted by atomic mass is 79.9. The van der Waals surface area contributed by atoms with Crippen molar-refractivity contribution < 1.29 is 13.9 Å². The molecule has 0 aliphatic rings. The van der Waals surface area contributed by atoms with E-state index in [-0.39, 0.29) is 0 Å². The topological polar surface area (TPSA) is 80.9 Å². The molecule has 0 radical (unpaired) electrons. The van der Waals surface area contributed by atoms with E-state index in [0.717, 1.165) is 28.0 Å². The lowest BCUT2D eigenvalue weighted by Gasteiger charge is -2.12. The molecule has 1 aromatic heterocycles. The summed E-state index contributed by atoms with van der Waals surface area (Å²) in [5.41, 5.74) is 1.90. The van der Waals surface area contributed by atoms with Crippen LogP contribution in [-0.4, -0.2) is 31.7 Å². The highest BCUT2D eigenvalue weighted by Gasteiger charge is 2.11. The van der Waals surface area contributed by atoms with Gasteiger partial charge in [-0.2, -0.15) is 0 Å². The lowest BCUT2D eigenvalue weighted by molar-refractivity contribution is 0.352. The summed E-state index contributed by atoms with van der Waals surface area (Å²) in [5, 5.41) is 6.44. The van der Waals surface area contributed by atoms with Gasteiger partial charge in [-0.25, -0.2) is 9.98 Å². The molecule has 0 saturated heterocycles. The Labute approximate surface area is 162 Å². The van der Waals surface area contributed by atoms with Crippen molar-refractivity contribution in [1.82, 2.24) is 15.6 Å². The van der Waals surface area contributed by atoms with E-state index in [1.165, 1.54) is 0 Å². The van der Waals surface area contributed by atoms with Crippen molar-refractivity contribution in [3.05, 3.63) is 39.5 Å². The number of aryl methyl sites for hydroxylation is 2. The van der Waals surface area contributed by atoms with Gasteiger partial charge in [-0.05, 0) is 54.4 Å². The Hall–Kier alpha value is -2.22. The van der Waals surface area contributed by atoms with Crippen LogP contribution in [0.5, 0.6) is 11.5 Å². The maximum atomic E-state index is 5.58. The van der Waals surface area contributed by atoms with Crippen molar-refractivity contribution in [2.24, 2.45) is 4.99 Å². The van der Waals surface area contributed by atoms with Gasteiger partial charge in [0.25, 0.3) is 0 Å². The first kappa shape index (κ1) is 20.1. The zero-order valence-corrected chi connectivity index (χ0v) is 17.4. The fourth-order valence-corrected chi connectivity index (χ4v) is 3.00. The number of nitrogens with one attached hydrogen (secondary N) is 2. The van der Waals surface area contributed by atoms with Crippen LogP contribution in [0, 0.1) is 13.8 Å². The van der Waals surface area contributed by atoms with E-state index < -0.39 is 0 Å². The third-order valence-corrected chi connectivity index (χ3v) is 4.33. The Morgan fingerprint density at radius 2 is 2.00 bits per heavy atom. The van der Waals surface area contributed by atoms with Crippen LogP contribution in [0.3, 0.4) is 0 Å². The Morgan fingerprint density at radius 1 is 1.23 bits per heavy atom. The zero-order valence-electron chi connectivity index (χ0n) is 15.8. The average molecular weight is 425 g/mol. The molecule has 1 heterocycles. The summed E-state index contributed by atoms with van der Waals surface area (Å²) < 4.78 is 17.1. The summed E-state index contributed by atoms with van der Waals surface area (Å²) in [5.74, 6) is 3.49. The first-order chi connectivity index (χ1) is 12.5. The fourth-order valence-electron chi connectivity index (χ4n) is 2.35. The van der Waals surface area contributed by atoms with Crippen molar-refractivity contribution in [3.63, 3.8) is 0 Å². The molecule has 0 amide bonds. The number of aromatic nitrogens is 1. The van der Waals surface area contributed by atoms with Crippen LogP contribution in [-0.2, 0) is 13.1 Å². The lowest BCUT2D eigenvalue weighted by atomic mass is 10.2. The largest absolute Gasteiger partial charge is 0.493 e. The normalized spacial score (nSPS) is 11.4. The van der Waals surface area contributed by atoms with Crippen LogP contribution in [0.25, 0.3) is 0 Å². The summed E-state index contributed by atoms with van der Waals surface area (Å²) in [6.45, 7) is 7.55. The fraction of sp³-hybridized carbons (Fsp3) is 0.444. The Kier molecular flexibility index (Phi) is 7.32. The van der Waals surface area contributed by atoms with Crippen LogP contribution in [0.15, 0.2) is 26.0 Å². The number of hydrogen-bond acceptors (Lipinski definition) is 5. The summed E-state index contributed by atoms with van der Waals surface area (Å²) in [4.78, 5) is 8.97. The van der Waals surface area contributed by atoms with Gasteiger partial charge in [-0.3, -0.25) is 0 Å². The highest BCUT2D eigenvalue weighted by Crippen LogP contribution is 2.36. The maximum absolute atomic E-state index is 5.58. The second-order valence-corrected chi connectivity index (χ2v) is 6.47. The lowest BCUT2D eigenvalue weighted by Crippen LogP contribution is -2.36. The van der Waals surface area contributed by atoms with Gasteiger partial charge in [0.05, 0.1) is 37.5 Å². The maximum Gasteiger partial charge on any atom is 0.214 e. The van der Waals surface area contributed by atoms with E-state index >= 15 is 0 Å². The number of benzene rings is 1. The predicted octanol–water partition coefficient (Wildman–Crippen LogP) is 3.33. The SMILES string of the molecule is CCNC(=NCc1cc(Br)c(OC)c(OC)c1)NCc1nc(C)c(C)o1. The van der Waals surface area contributed by atoms with E-state index in [0.29, 0.717) is 36.4 Å². The number of guanidine groups is 1. The molecular weight excluding hydrogens is 400 g/mol. The predicted molar refractivity (Wildman–Crippen MR) is 105 cm³/mol. The second-order valence-electron chi connectivity index (χ2n) is 5.61. The van der Waals surface area contributed by atoms with Gasteiger partial charge in [0.1, 0.15) is 5.76 Å². The van der Waals surface area contributed by atoms with Crippen LogP contribution in [0.4, 0.5) is 0 Å². The van der Waals surface area contributed by atoms with Gasteiger partial charge >= 0.3 is 0 Å². The molecule has 0 aliphatic carbocycles. The summed E-state index contributed by atoms with van der Waals surface area (Å²) >= 11 is 3.50. The molecule has 2 aromatic rings. The molecule has 1 aromatic carbocycles. The molecule has 8 heteroatoms. The molecule has 0 atom stereocenters. The minimum atomic E-state index is 0.468. The van der Waals surface area contributed by atoms with Gasteiger partial charge in [0.15, 0.2) is 17.5 Å². The monoisotopic (exact) mass is 424 g/mol. The highest BCUT2D eigenvalue weighted by molar-refractivity contribution is 9.10. The van der Waals surface area contributed by atoms with Gasteiger partial charge in [-0.1, -0.05) is 0 Å². The molecule has 142 valence electrons. The number of hydrogen-bond donors (Lipinski definition) is 2.